The molecular formula is C48H50O16. The van der Waals surface area contributed by atoms with Gasteiger partial charge in [0.25, 0.3) is 0 Å². The zero-order valence-electron chi connectivity index (χ0n) is 35.6. The van der Waals surface area contributed by atoms with E-state index in [0.29, 0.717) is 25.7 Å². The van der Waals surface area contributed by atoms with Gasteiger partial charge in [0, 0.05) is 0 Å². The van der Waals surface area contributed by atoms with E-state index in [-0.39, 0.29) is 35.8 Å². The van der Waals surface area contributed by atoms with Crippen LogP contribution in [-0.4, -0.2) is 72.2 Å². The molecule has 4 aliphatic rings. The highest BCUT2D eigenvalue weighted by Crippen LogP contribution is 2.41. The van der Waals surface area contributed by atoms with Crippen LogP contribution in [0.15, 0.2) is 97.1 Å². The lowest BCUT2D eigenvalue weighted by Gasteiger charge is -2.37. The van der Waals surface area contributed by atoms with Gasteiger partial charge in [0.15, 0.2) is 0 Å². The SMILES string of the molecule is CCOC(=O)Oc1ccccc1C(=O)C1(OC(=O)C2CCCCC2)C=CC=CC1C(=O)OOC(=O)C1C=CC=CC1(OC(=O)C1CCCCC1)C(=O)c1ccccc1OC(=O)OCC. The van der Waals surface area contributed by atoms with E-state index in [0.717, 1.165) is 38.5 Å². The Morgan fingerprint density at radius 1 is 0.500 bits per heavy atom. The van der Waals surface area contributed by atoms with Crippen LogP contribution in [0.25, 0.3) is 0 Å². The van der Waals surface area contributed by atoms with Crippen LogP contribution in [0, 0.1) is 23.7 Å². The highest BCUT2D eigenvalue weighted by Gasteiger charge is 2.56. The molecule has 6 rings (SSSR count). The lowest BCUT2D eigenvalue weighted by atomic mass is 9.77. The summed E-state index contributed by atoms with van der Waals surface area (Å²) in [5.74, 6) is -11.5. The van der Waals surface area contributed by atoms with Crippen molar-refractivity contribution in [2.24, 2.45) is 23.7 Å². The fourth-order valence-corrected chi connectivity index (χ4v) is 8.21. The number of hydrogen-bond donors (Lipinski definition) is 0. The molecule has 2 aromatic rings. The first-order chi connectivity index (χ1) is 30.9. The van der Waals surface area contributed by atoms with E-state index in [1.54, 1.807) is 13.8 Å². The minimum absolute atomic E-state index is 0.0274. The molecule has 64 heavy (non-hydrogen) atoms. The molecule has 0 radical (unpaired) electrons. The molecule has 0 spiro atoms. The average Bonchev–Trinajstić information content (AvgIpc) is 3.31. The number of ketones is 2. The van der Waals surface area contributed by atoms with Crippen LogP contribution in [0.2, 0.25) is 0 Å². The number of benzene rings is 2. The zero-order chi connectivity index (χ0) is 45.7. The van der Waals surface area contributed by atoms with Crippen molar-refractivity contribution in [3.8, 4) is 11.5 Å². The minimum Gasteiger partial charge on any atom is -0.445 e. The van der Waals surface area contributed by atoms with Gasteiger partial charge in [-0.15, -0.1) is 0 Å². The molecule has 2 saturated carbocycles. The normalized spacial score (nSPS) is 22.9. The molecule has 2 aromatic carbocycles. The molecule has 4 aliphatic carbocycles. The summed E-state index contributed by atoms with van der Waals surface area (Å²) in [6.45, 7) is 3.07. The van der Waals surface area contributed by atoms with Gasteiger partial charge in [0.1, 0.15) is 23.3 Å². The summed E-state index contributed by atoms with van der Waals surface area (Å²) in [6, 6.07) is 11.2. The van der Waals surface area contributed by atoms with Crippen molar-refractivity contribution in [2.45, 2.75) is 89.3 Å². The summed E-state index contributed by atoms with van der Waals surface area (Å²) < 4.78 is 32.6. The number of ether oxygens (including phenoxy) is 6. The predicted octanol–water partition coefficient (Wildman–Crippen LogP) is 8.03. The maximum atomic E-state index is 14.8. The molecule has 16 heteroatoms. The van der Waals surface area contributed by atoms with Gasteiger partial charge in [0.2, 0.25) is 22.8 Å². The predicted molar refractivity (Wildman–Crippen MR) is 223 cm³/mol. The molecule has 0 aromatic heterocycles. The number of esters is 2. The Labute approximate surface area is 369 Å². The van der Waals surface area contributed by atoms with E-state index in [2.05, 4.69) is 0 Å². The lowest BCUT2D eigenvalue weighted by molar-refractivity contribution is -0.268. The molecule has 338 valence electrons. The maximum Gasteiger partial charge on any atom is 0.513 e. The van der Waals surface area contributed by atoms with Crippen molar-refractivity contribution >= 4 is 47.8 Å². The lowest BCUT2D eigenvalue weighted by Crippen LogP contribution is -2.54. The van der Waals surface area contributed by atoms with Crippen molar-refractivity contribution in [2.75, 3.05) is 13.2 Å². The highest BCUT2D eigenvalue weighted by molar-refractivity contribution is 6.11. The van der Waals surface area contributed by atoms with Gasteiger partial charge in [-0.1, -0.05) is 99.2 Å². The molecule has 0 aliphatic heterocycles. The molecule has 0 heterocycles. The van der Waals surface area contributed by atoms with Crippen LogP contribution in [0.1, 0.15) is 98.8 Å². The summed E-state index contributed by atoms with van der Waals surface area (Å²) in [7, 11) is 0. The Balaban J connectivity index is 1.32. The third kappa shape index (κ3) is 10.5. The van der Waals surface area contributed by atoms with Gasteiger partial charge in [-0.2, -0.15) is 0 Å². The molecule has 2 fully saturated rings. The molecule has 0 amide bonds. The van der Waals surface area contributed by atoms with Crippen molar-refractivity contribution < 1.29 is 76.6 Å². The van der Waals surface area contributed by atoms with E-state index in [4.69, 9.17) is 38.2 Å². The maximum absolute atomic E-state index is 14.8. The molecular weight excluding hydrogens is 833 g/mol. The van der Waals surface area contributed by atoms with Crippen molar-refractivity contribution in [1.82, 2.24) is 0 Å². The number of rotatable bonds is 14. The number of allylic oxidation sites excluding steroid dienone is 4. The first-order valence-electron chi connectivity index (χ1n) is 21.5. The second kappa shape index (κ2) is 21.5. The Bertz CT molecular complexity index is 2070. The number of carbonyl (C=O) groups is 8. The summed E-state index contributed by atoms with van der Waals surface area (Å²) in [6.07, 6.45) is 14.9. The number of carbonyl (C=O) groups excluding carboxylic acids is 8. The van der Waals surface area contributed by atoms with Crippen LogP contribution < -0.4 is 9.47 Å². The molecule has 0 N–H and O–H groups in total. The highest BCUT2D eigenvalue weighted by atomic mass is 17.2. The third-order valence-corrected chi connectivity index (χ3v) is 11.5. The summed E-state index contributed by atoms with van der Waals surface area (Å²) in [5.41, 5.74) is -5.41. The van der Waals surface area contributed by atoms with Crippen molar-refractivity contribution in [3.63, 3.8) is 0 Å². The standard InChI is InChI=1S/C48H50O16/c1-3-57-45(55)59-37-27-13-11-23-33(37)39(49)47(61-41(51)31-19-7-5-8-20-31)29-17-15-25-35(47)43(53)63-64-44(54)36-26-16-18-30-48(36,62-42(52)32-21-9-6-10-22-32)40(50)34-24-12-14-28-38(34)60-46(56)58-4-2/h11-18,23-32,35-36H,3-10,19-22H2,1-2H3. The van der Waals surface area contributed by atoms with E-state index < -0.39 is 82.6 Å². The van der Waals surface area contributed by atoms with Gasteiger partial charge < -0.3 is 28.4 Å². The number of hydrogen-bond acceptors (Lipinski definition) is 16. The van der Waals surface area contributed by atoms with Gasteiger partial charge in [0.05, 0.1) is 36.2 Å². The van der Waals surface area contributed by atoms with Crippen LogP contribution in [0.5, 0.6) is 11.5 Å². The number of Topliss-reactive ketones (excluding diaryl/α,β-unsaturated/α-hetero) is 2. The third-order valence-electron chi connectivity index (χ3n) is 11.5. The van der Waals surface area contributed by atoms with Crippen molar-refractivity contribution in [1.29, 1.82) is 0 Å². The topological polar surface area (TPSA) is 210 Å². The Morgan fingerprint density at radius 3 is 1.25 bits per heavy atom. The van der Waals surface area contributed by atoms with E-state index in [1.807, 2.05) is 0 Å². The monoisotopic (exact) mass is 882 g/mol. The molecule has 4 unspecified atom stereocenters. The molecule has 16 nitrogen and oxygen atoms in total. The Morgan fingerprint density at radius 2 is 0.875 bits per heavy atom. The zero-order valence-corrected chi connectivity index (χ0v) is 35.6. The van der Waals surface area contributed by atoms with Crippen LogP contribution in [0.3, 0.4) is 0 Å². The summed E-state index contributed by atoms with van der Waals surface area (Å²) >= 11 is 0. The summed E-state index contributed by atoms with van der Waals surface area (Å²) in [4.78, 5) is 121. The Hall–Kier alpha value is -6.84. The van der Waals surface area contributed by atoms with E-state index >= 15 is 0 Å². The smallest absolute Gasteiger partial charge is 0.445 e. The molecule has 4 atom stereocenters. The fourth-order valence-electron chi connectivity index (χ4n) is 8.21. The largest absolute Gasteiger partial charge is 0.513 e. The second-order valence-electron chi connectivity index (χ2n) is 15.6. The van der Waals surface area contributed by atoms with Gasteiger partial charge in [-0.05, 0) is 75.9 Å². The number of para-hydroxylation sites is 2. The van der Waals surface area contributed by atoms with Gasteiger partial charge in [-0.3, -0.25) is 19.2 Å². The van der Waals surface area contributed by atoms with E-state index in [9.17, 15) is 38.4 Å². The average molecular weight is 883 g/mol. The van der Waals surface area contributed by atoms with Crippen LogP contribution in [-0.2, 0) is 47.9 Å². The molecule has 0 saturated heterocycles. The quantitative estimate of drug-likeness (QED) is 0.0439. The van der Waals surface area contributed by atoms with Crippen LogP contribution in [0.4, 0.5) is 9.59 Å². The Kier molecular flexibility index (Phi) is 15.7. The molecule has 0 bridgehead atoms. The van der Waals surface area contributed by atoms with E-state index in [1.165, 1.54) is 97.1 Å². The first-order valence-corrected chi connectivity index (χ1v) is 21.5. The minimum atomic E-state index is -2.45. The van der Waals surface area contributed by atoms with Gasteiger partial charge in [-0.25, -0.2) is 29.0 Å². The second-order valence-corrected chi connectivity index (χ2v) is 15.6. The van der Waals surface area contributed by atoms with Gasteiger partial charge >= 0.3 is 36.2 Å². The van der Waals surface area contributed by atoms with Crippen molar-refractivity contribution in [3.05, 3.63) is 108 Å². The van der Waals surface area contributed by atoms with Crippen LogP contribution >= 0.6 is 0 Å². The summed E-state index contributed by atoms with van der Waals surface area (Å²) in [5, 5.41) is 0. The fraction of sp³-hybridized carbons (Fsp3) is 0.417. The first kappa shape index (κ1) is 46.7.